The summed E-state index contributed by atoms with van der Waals surface area (Å²) in [4.78, 5) is 42.0. The number of halogens is 2. The van der Waals surface area contributed by atoms with Gasteiger partial charge in [-0.05, 0) is 54.6 Å². The summed E-state index contributed by atoms with van der Waals surface area (Å²) in [5.74, 6) is -1.48. The topological polar surface area (TPSA) is 86.0 Å². The van der Waals surface area contributed by atoms with Crippen LogP contribution >= 0.6 is 0 Å². The molecule has 4 rings (SSSR count). The Bertz CT molecular complexity index is 1390. The quantitative estimate of drug-likeness (QED) is 0.565. The summed E-state index contributed by atoms with van der Waals surface area (Å²) in [5.41, 5.74) is -0.489. The van der Waals surface area contributed by atoms with E-state index in [1.54, 1.807) is 0 Å². The first kappa shape index (κ1) is 19.2. The number of benzene rings is 2. The van der Waals surface area contributed by atoms with Gasteiger partial charge in [-0.3, -0.25) is 14.2 Å². The van der Waals surface area contributed by atoms with Crippen molar-refractivity contribution >= 4 is 22.6 Å². The largest absolute Gasteiger partial charge is 0.337 e. The molecule has 4 aromatic rings. The monoisotopic (exact) mass is 408 g/mol. The zero-order valence-electron chi connectivity index (χ0n) is 15.6. The number of nitrogens with zero attached hydrogens (tertiary/aromatic N) is 3. The highest BCUT2D eigenvalue weighted by molar-refractivity contribution is 6.05. The number of fused-ring (bicyclic) bond motifs is 1. The second-order valence-corrected chi connectivity index (χ2v) is 6.51. The zero-order valence-corrected chi connectivity index (χ0v) is 15.6. The van der Waals surface area contributed by atoms with Gasteiger partial charge < -0.3 is 5.32 Å². The molecule has 0 saturated heterocycles. The molecule has 0 radical (unpaired) electrons. The summed E-state index contributed by atoms with van der Waals surface area (Å²) in [6, 6.07) is 11.7. The molecule has 7 nitrogen and oxygen atoms in total. The number of amides is 1. The van der Waals surface area contributed by atoms with Crippen molar-refractivity contribution in [3.05, 3.63) is 98.8 Å². The molecule has 0 aliphatic rings. The second kappa shape index (κ2) is 7.36. The smallest absolute Gasteiger partial charge is 0.322 e. The highest BCUT2D eigenvalue weighted by Crippen LogP contribution is 2.16. The summed E-state index contributed by atoms with van der Waals surface area (Å²) in [6.45, 7) is 0. The van der Waals surface area contributed by atoms with Crippen LogP contribution in [0.2, 0.25) is 0 Å². The lowest BCUT2D eigenvalue weighted by Gasteiger charge is -2.12. The first-order valence-corrected chi connectivity index (χ1v) is 8.80. The molecule has 0 fully saturated rings. The van der Waals surface area contributed by atoms with Crippen LogP contribution < -0.4 is 16.6 Å². The van der Waals surface area contributed by atoms with Gasteiger partial charge in [0.2, 0.25) is 0 Å². The summed E-state index contributed by atoms with van der Waals surface area (Å²) in [7, 11) is 1.30. The minimum absolute atomic E-state index is 0.0352. The van der Waals surface area contributed by atoms with Crippen molar-refractivity contribution in [3.8, 4) is 5.69 Å². The highest BCUT2D eigenvalue weighted by Gasteiger charge is 2.16. The lowest BCUT2D eigenvalue weighted by atomic mass is 10.2. The van der Waals surface area contributed by atoms with E-state index in [4.69, 9.17) is 0 Å². The van der Waals surface area contributed by atoms with Crippen LogP contribution in [0.5, 0.6) is 0 Å². The van der Waals surface area contributed by atoms with Gasteiger partial charge in [0.05, 0.1) is 16.6 Å². The average molecular weight is 408 g/mol. The van der Waals surface area contributed by atoms with E-state index in [1.165, 1.54) is 67.8 Å². The van der Waals surface area contributed by atoms with Crippen LogP contribution in [-0.2, 0) is 7.05 Å². The minimum atomic E-state index is -0.657. The third kappa shape index (κ3) is 3.37. The summed E-state index contributed by atoms with van der Waals surface area (Å²) in [5, 5.41) is 2.62. The van der Waals surface area contributed by atoms with Crippen molar-refractivity contribution in [3.63, 3.8) is 0 Å². The molecule has 0 bridgehead atoms. The van der Waals surface area contributed by atoms with Crippen LogP contribution in [0.4, 0.5) is 14.5 Å². The Morgan fingerprint density at radius 3 is 2.20 bits per heavy atom. The molecular formula is C21H14F2N4O3. The van der Waals surface area contributed by atoms with E-state index in [0.29, 0.717) is 11.4 Å². The number of carbonyl (C=O) groups is 1. The van der Waals surface area contributed by atoms with Crippen LogP contribution in [-0.4, -0.2) is 20.0 Å². The number of nitrogens with one attached hydrogen (secondary N) is 1. The number of carbonyl (C=O) groups excluding carboxylic acids is 1. The predicted molar refractivity (Wildman–Crippen MR) is 107 cm³/mol. The average Bonchev–Trinajstić information content (AvgIpc) is 2.75. The first-order chi connectivity index (χ1) is 14.3. The molecule has 0 saturated carbocycles. The normalized spacial score (nSPS) is 10.9. The molecule has 150 valence electrons. The molecule has 0 aliphatic heterocycles. The van der Waals surface area contributed by atoms with Crippen molar-refractivity contribution in [2.75, 3.05) is 5.32 Å². The fourth-order valence-corrected chi connectivity index (χ4v) is 2.98. The van der Waals surface area contributed by atoms with Gasteiger partial charge in [-0.25, -0.2) is 23.1 Å². The van der Waals surface area contributed by atoms with Crippen molar-refractivity contribution in [1.29, 1.82) is 0 Å². The number of rotatable bonds is 3. The van der Waals surface area contributed by atoms with Gasteiger partial charge in [0.15, 0.2) is 5.65 Å². The lowest BCUT2D eigenvalue weighted by molar-refractivity contribution is 0.102. The van der Waals surface area contributed by atoms with Gasteiger partial charge >= 0.3 is 5.69 Å². The number of anilines is 1. The Kier molecular flexibility index (Phi) is 4.71. The maximum absolute atomic E-state index is 13.3. The summed E-state index contributed by atoms with van der Waals surface area (Å²) in [6.07, 6.45) is 1.22. The maximum atomic E-state index is 13.3. The van der Waals surface area contributed by atoms with Crippen molar-refractivity contribution in [1.82, 2.24) is 14.1 Å². The number of aromatic nitrogens is 3. The molecule has 9 heteroatoms. The Balaban J connectivity index is 1.84. The van der Waals surface area contributed by atoms with E-state index in [-0.39, 0.29) is 16.6 Å². The van der Waals surface area contributed by atoms with Crippen LogP contribution in [0.15, 0.2) is 70.4 Å². The molecule has 0 atom stereocenters. The van der Waals surface area contributed by atoms with E-state index in [2.05, 4.69) is 10.3 Å². The Morgan fingerprint density at radius 1 is 0.967 bits per heavy atom. The fraction of sp³-hybridized carbons (Fsp3) is 0.0476. The molecule has 0 unspecified atom stereocenters. The van der Waals surface area contributed by atoms with E-state index in [0.717, 1.165) is 9.13 Å². The Hall–Kier alpha value is -4.14. The van der Waals surface area contributed by atoms with Crippen LogP contribution in [0.1, 0.15) is 10.4 Å². The highest BCUT2D eigenvalue weighted by atomic mass is 19.1. The van der Waals surface area contributed by atoms with Gasteiger partial charge in [0.25, 0.3) is 11.5 Å². The van der Waals surface area contributed by atoms with Crippen LogP contribution in [0, 0.1) is 11.6 Å². The molecule has 1 amide bonds. The molecule has 2 heterocycles. The molecule has 0 spiro atoms. The zero-order chi connectivity index (χ0) is 21.4. The molecule has 0 aliphatic carbocycles. The third-order valence-corrected chi connectivity index (χ3v) is 4.54. The maximum Gasteiger partial charge on any atom is 0.337 e. The van der Waals surface area contributed by atoms with Gasteiger partial charge in [0.1, 0.15) is 11.6 Å². The Morgan fingerprint density at radius 2 is 1.57 bits per heavy atom. The van der Waals surface area contributed by atoms with Gasteiger partial charge in [-0.15, -0.1) is 0 Å². The van der Waals surface area contributed by atoms with Crippen molar-refractivity contribution in [2.45, 2.75) is 0 Å². The van der Waals surface area contributed by atoms with E-state index in [1.807, 2.05) is 0 Å². The minimum Gasteiger partial charge on any atom is -0.322 e. The SMILES string of the molecule is Cn1c(=O)c2cc(C(=O)Nc3ccc(F)cc3)cnc2n(-c2ccc(F)cc2)c1=O. The first-order valence-electron chi connectivity index (χ1n) is 8.80. The molecule has 2 aromatic heterocycles. The predicted octanol–water partition coefficient (Wildman–Crippen LogP) is 2.61. The van der Waals surface area contributed by atoms with Gasteiger partial charge in [-0.1, -0.05) is 0 Å². The van der Waals surface area contributed by atoms with Gasteiger partial charge in [-0.2, -0.15) is 0 Å². The number of hydrogen-bond acceptors (Lipinski definition) is 4. The van der Waals surface area contributed by atoms with Crippen LogP contribution in [0.25, 0.3) is 16.7 Å². The fourth-order valence-electron chi connectivity index (χ4n) is 2.98. The van der Waals surface area contributed by atoms with Crippen LogP contribution in [0.3, 0.4) is 0 Å². The number of pyridine rings is 1. The summed E-state index contributed by atoms with van der Waals surface area (Å²) < 4.78 is 28.4. The van der Waals surface area contributed by atoms with Gasteiger partial charge in [0, 0.05) is 18.9 Å². The lowest BCUT2D eigenvalue weighted by Crippen LogP contribution is -2.38. The second-order valence-electron chi connectivity index (χ2n) is 6.51. The van der Waals surface area contributed by atoms with E-state index < -0.39 is 28.8 Å². The molecule has 1 N–H and O–H groups in total. The molecule has 30 heavy (non-hydrogen) atoms. The molecular weight excluding hydrogens is 394 g/mol. The molecule has 2 aromatic carbocycles. The van der Waals surface area contributed by atoms with Crippen molar-refractivity contribution in [2.24, 2.45) is 7.05 Å². The van der Waals surface area contributed by atoms with Crippen molar-refractivity contribution < 1.29 is 13.6 Å². The summed E-state index contributed by atoms with van der Waals surface area (Å²) >= 11 is 0. The Labute approximate surface area is 167 Å². The van der Waals surface area contributed by atoms with E-state index in [9.17, 15) is 23.2 Å². The number of hydrogen-bond donors (Lipinski definition) is 1. The third-order valence-electron chi connectivity index (χ3n) is 4.54. The standard InChI is InChI=1S/C21H14F2N4O3/c1-26-20(29)17-10-12(19(28)25-15-6-2-13(22)3-7-15)11-24-18(17)27(21(26)30)16-8-4-14(23)5-9-16/h2-11H,1H3,(H,25,28). The van der Waals surface area contributed by atoms with E-state index >= 15 is 0 Å².